The van der Waals surface area contributed by atoms with Crippen molar-refractivity contribution in [1.82, 2.24) is 0 Å². The van der Waals surface area contributed by atoms with Crippen molar-refractivity contribution in [1.29, 1.82) is 0 Å². The lowest BCUT2D eigenvalue weighted by molar-refractivity contribution is -0.131. The molecular formula is C12H13NO5S. The van der Waals surface area contributed by atoms with Crippen LogP contribution in [0, 0.1) is 0 Å². The summed E-state index contributed by atoms with van der Waals surface area (Å²) in [7, 11) is -3.38. The first kappa shape index (κ1) is 14.9. The summed E-state index contributed by atoms with van der Waals surface area (Å²) >= 11 is 0. The Hall–Kier alpha value is -2.15. The number of aliphatic carboxylic acids is 1. The molecule has 0 heterocycles. The lowest BCUT2D eigenvalue weighted by atomic mass is 10.2. The van der Waals surface area contributed by atoms with Gasteiger partial charge >= 0.3 is 5.97 Å². The molecule has 7 heteroatoms. The summed E-state index contributed by atoms with van der Waals surface area (Å²) in [6.07, 6.45) is 3.31. The van der Waals surface area contributed by atoms with E-state index in [0.717, 1.165) is 12.3 Å². The van der Waals surface area contributed by atoms with Crippen LogP contribution in [-0.2, 0) is 19.4 Å². The molecule has 6 nitrogen and oxygen atoms in total. The summed E-state index contributed by atoms with van der Waals surface area (Å²) in [5.41, 5.74) is 0.987. The van der Waals surface area contributed by atoms with Crippen LogP contribution in [0.2, 0.25) is 0 Å². The second-order valence-corrected chi connectivity index (χ2v) is 6.06. The first-order chi connectivity index (χ1) is 8.76. The zero-order valence-electron chi connectivity index (χ0n) is 10.2. The number of carboxylic acid groups (broad SMARTS) is 1. The van der Waals surface area contributed by atoms with Crippen LogP contribution in [0.4, 0.5) is 5.69 Å². The fourth-order valence-electron chi connectivity index (χ4n) is 1.32. The van der Waals surface area contributed by atoms with E-state index >= 15 is 0 Å². The van der Waals surface area contributed by atoms with Crippen molar-refractivity contribution in [2.24, 2.45) is 0 Å². The number of hydrogen-bond donors (Lipinski definition) is 2. The third-order valence-corrected chi connectivity index (χ3v) is 2.77. The lowest BCUT2D eigenvalue weighted by Gasteiger charge is -2.05. The van der Waals surface area contributed by atoms with E-state index < -0.39 is 27.5 Å². The number of amides is 1. The summed E-state index contributed by atoms with van der Waals surface area (Å²) in [5, 5.41) is 10.9. The third kappa shape index (κ3) is 6.37. The highest BCUT2D eigenvalue weighted by Crippen LogP contribution is 2.12. The largest absolute Gasteiger partial charge is 0.478 e. The average molecular weight is 283 g/mol. The predicted molar refractivity (Wildman–Crippen MR) is 71.5 cm³/mol. The molecule has 1 aromatic rings. The van der Waals surface area contributed by atoms with Gasteiger partial charge in [-0.3, -0.25) is 4.79 Å². The topological polar surface area (TPSA) is 101 Å². The number of nitrogens with one attached hydrogen (secondary N) is 1. The molecule has 0 saturated carbocycles. The van der Waals surface area contributed by atoms with Crippen molar-refractivity contribution < 1.29 is 23.1 Å². The van der Waals surface area contributed by atoms with Gasteiger partial charge < -0.3 is 10.4 Å². The molecule has 1 amide bonds. The molecule has 0 fully saturated rings. The van der Waals surface area contributed by atoms with E-state index in [1.54, 1.807) is 24.3 Å². The Bertz CT molecular complexity index is 619. The van der Waals surface area contributed by atoms with Gasteiger partial charge in [-0.2, -0.15) is 0 Å². The molecule has 0 atom stereocenters. The number of hydrogen-bond acceptors (Lipinski definition) is 4. The molecular weight excluding hydrogens is 270 g/mol. The van der Waals surface area contributed by atoms with E-state index in [2.05, 4.69) is 5.32 Å². The highest BCUT2D eigenvalue weighted by atomic mass is 32.2. The van der Waals surface area contributed by atoms with Gasteiger partial charge in [-0.15, -0.1) is 0 Å². The van der Waals surface area contributed by atoms with Crippen molar-refractivity contribution in [2.75, 3.05) is 17.3 Å². The van der Waals surface area contributed by atoms with Gasteiger partial charge in [0.05, 0.1) is 0 Å². The van der Waals surface area contributed by atoms with E-state index in [4.69, 9.17) is 5.11 Å². The first-order valence-corrected chi connectivity index (χ1v) is 7.31. The molecule has 0 aliphatic rings. The van der Waals surface area contributed by atoms with Gasteiger partial charge in [0.15, 0.2) is 9.84 Å². The second-order valence-electron chi connectivity index (χ2n) is 3.92. The van der Waals surface area contributed by atoms with E-state index in [0.29, 0.717) is 11.3 Å². The summed E-state index contributed by atoms with van der Waals surface area (Å²) in [5.74, 6) is -2.31. The average Bonchev–Trinajstić information content (AvgIpc) is 2.24. The van der Waals surface area contributed by atoms with E-state index in [1.807, 2.05) is 0 Å². The Labute approximate surface area is 110 Å². The zero-order chi connectivity index (χ0) is 14.5. The SMILES string of the molecule is CS(=O)(=O)CC(=O)Nc1cccc(/C=C/C(=O)O)c1. The Morgan fingerprint density at radius 3 is 2.63 bits per heavy atom. The maximum absolute atomic E-state index is 11.4. The van der Waals surface area contributed by atoms with Crippen LogP contribution in [-0.4, -0.2) is 37.4 Å². The molecule has 1 aromatic carbocycles. The van der Waals surface area contributed by atoms with Crippen LogP contribution in [0.3, 0.4) is 0 Å². The molecule has 19 heavy (non-hydrogen) atoms. The Balaban J connectivity index is 2.77. The van der Waals surface area contributed by atoms with Gasteiger partial charge in [0.2, 0.25) is 5.91 Å². The van der Waals surface area contributed by atoms with Crippen LogP contribution in [0.5, 0.6) is 0 Å². The summed E-state index contributed by atoms with van der Waals surface area (Å²) < 4.78 is 21.9. The van der Waals surface area contributed by atoms with Gasteiger partial charge in [-0.25, -0.2) is 13.2 Å². The van der Waals surface area contributed by atoms with Gasteiger partial charge in [0.1, 0.15) is 5.75 Å². The fourth-order valence-corrected chi connectivity index (χ4v) is 1.87. The maximum atomic E-state index is 11.4. The molecule has 0 saturated heterocycles. The minimum atomic E-state index is -3.38. The third-order valence-electron chi connectivity index (χ3n) is 1.98. The summed E-state index contributed by atoms with van der Waals surface area (Å²) in [6, 6.07) is 6.40. The van der Waals surface area contributed by atoms with Gasteiger partial charge in [-0.1, -0.05) is 12.1 Å². The number of carbonyl (C=O) groups is 2. The highest BCUT2D eigenvalue weighted by molar-refractivity contribution is 7.91. The van der Waals surface area contributed by atoms with E-state index in [-0.39, 0.29) is 0 Å². The van der Waals surface area contributed by atoms with Crippen molar-refractivity contribution >= 4 is 33.5 Å². The number of benzene rings is 1. The molecule has 0 aliphatic carbocycles. The molecule has 0 radical (unpaired) electrons. The van der Waals surface area contributed by atoms with Gasteiger partial charge in [0, 0.05) is 18.0 Å². The Morgan fingerprint density at radius 2 is 2.05 bits per heavy atom. The van der Waals surface area contributed by atoms with Crippen LogP contribution in [0.15, 0.2) is 30.3 Å². The molecule has 1 rings (SSSR count). The molecule has 0 bridgehead atoms. The van der Waals surface area contributed by atoms with Gasteiger partial charge in [-0.05, 0) is 23.8 Å². The second kappa shape index (κ2) is 6.14. The molecule has 102 valence electrons. The van der Waals surface area contributed by atoms with E-state index in [1.165, 1.54) is 6.08 Å². The molecule has 0 unspecified atom stereocenters. The Kier molecular flexibility index (Phi) is 4.82. The Morgan fingerprint density at radius 1 is 1.37 bits per heavy atom. The number of carbonyl (C=O) groups excluding carboxylic acids is 1. The molecule has 0 spiro atoms. The molecule has 0 aliphatic heterocycles. The predicted octanol–water partition coefficient (Wildman–Crippen LogP) is 0.767. The van der Waals surface area contributed by atoms with E-state index in [9.17, 15) is 18.0 Å². The molecule has 2 N–H and O–H groups in total. The van der Waals surface area contributed by atoms with Crippen molar-refractivity contribution in [2.45, 2.75) is 0 Å². The monoisotopic (exact) mass is 283 g/mol. The van der Waals surface area contributed by atoms with Crippen LogP contribution in [0.25, 0.3) is 6.08 Å². The van der Waals surface area contributed by atoms with Crippen molar-refractivity contribution in [3.05, 3.63) is 35.9 Å². The highest BCUT2D eigenvalue weighted by Gasteiger charge is 2.10. The minimum absolute atomic E-state index is 0.404. The number of carboxylic acids is 1. The first-order valence-electron chi connectivity index (χ1n) is 5.25. The van der Waals surface area contributed by atoms with Gasteiger partial charge in [0.25, 0.3) is 0 Å². The zero-order valence-corrected chi connectivity index (χ0v) is 11.0. The number of sulfone groups is 1. The number of anilines is 1. The summed E-state index contributed by atoms with van der Waals surface area (Å²) in [4.78, 5) is 21.8. The normalized spacial score (nSPS) is 11.4. The quantitative estimate of drug-likeness (QED) is 0.777. The minimum Gasteiger partial charge on any atom is -0.478 e. The smallest absolute Gasteiger partial charge is 0.328 e. The fraction of sp³-hybridized carbons (Fsp3) is 0.167. The summed E-state index contributed by atoms with van der Waals surface area (Å²) in [6.45, 7) is 0. The van der Waals surface area contributed by atoms with Crippen LogP contribution >= 0.6 is 0 Å². The van der Waals surface area contributed by atoms with Crippen LogP contribution < -0.4 is 5.32 Å². The van der Waals surface area contributed by atoms with Crippen molar-refractivity contribution in [3.63, 3.8) is 0 Å². The standard InChI is InChI=1S/C12H13NO5S/c1-19(17,18)8-11(14)13-10-4-2-3-9(7-10)5-6-12(15)16/h2-7H,8H2,1H3,(H,13,14)(H,15,16)/b6-5+. The van der Waals surface area contributed by atoms with Crippen LogP contribution in [0.1, 0.15) is 5.56 Å². The molecule has 0 aromatic heterocycles. The van der Waals surface area contributed by atoms with Crippen molar-refractivity contribution in [3.8, 4) is 0 Å². The maximum Gasteiger partial charge on any atom is 0.328 e. The number of rotatable bonds is 5. The lowest BCUT2D eigenvalue weighted by Crippen LogP contribution is -2.21.